The molecule has 0 saturated heterocycles. The minimum Gasteiger partial charge on any atom is -0.114 e. The van der Waals surface area contributed by atoms with Gasteiger partial charge in [-0.2, -0.15) is 0 Å². The van der Waals surface area contributed by atoms with E-state index >= 15 is 0 Å². The zero-order valence-electron chi connectivity index (χ0n) is 17.3. The molecule has 0 aromatic carbocycles. The molecule has 24 heavy (non-hydrogen) atoms. The van der Waals surface area contributed by atoms with Crippen molar-refractivity contribution in [1.82, 2.24) is 0 Å². The Morgan fingerprint density at radius 1 is 0.708 bits per heavy atom. The van der Waals surface area contributed by atoms with Crippen LogP contribution in [0.25, 0.3) is 0 Å². The summed E-state index contributed by atoms with van der Waals surface area (Å²) < 4.78 is 0. The second kappa shape index (κ2) is 10.6. The van der Waals surface area contributed by atoms with Crippen molar-refractivity contribution in [2.45, 2.75) is 92.7 Å². The molecule has 2 rings (SSSR count). The van der Waals surface area contributed by atoms with Crippen LogP contribution < -0.4 is 0 Å². The number of hydrogen-bond donors (Lipinski definition) is 0. The second-order valence-corrected chi connectivity index (χ2v) is 9.93. The first kappa shape index (κ1) is 22.6. The average molecular weight is 398 g/mol. The molecule has 2 unspecified atom stereocenters. The first-order valence-corrected chi connectivity index (χ1v) is 10.7. The smallest absolute Gasteiger partial charge is 0.110 e. The quantitative estimate of drug-likeness (QED) is 0.406. The van der Waals surface area contributed by atoms with Crippen molar-refractivity contribution < 1.29 is 0 Å². The highest BCUT2D eigenvalue weighted by Gasteiger charge is 2.33. The first-order chi connectivity index (χ1) is 10.9. The van der Waals surface area contributed by atoms with Gasteiger partial charge in [-0.25, -0.2) is 0 Å². The molecule has 0 spiro atoms. The van der Waals surface area contributed by atoms with Gasteiger partial charge in [0.1, 0.15) is 7.28 Å². The molecule has 1 radical (unpaired) electrons. The molecule has 141 valence electrons. The summed E-state index contributed by atoms with van der Waals surface area (Å²) in [6, 6.07) is 0. The Balaban J connectivity index is 0.00000288. The van der Waals surface area contributed by atoms with Crippen LogP contribution in [-0.2, 0) is 0 Å². The highest BCUT2D eigenvalue weighted by molar-refractivity contribution is 8.93. The number of hydrogen-bond acceptors (Lipinski definition) is 0. The zero-order valence-corrected chi connectivity index (χ0v) is 19.0. The molecular weight excluding hydrogens is 355 g/mol. The molecule has 2 aliphatic rings. The van der Waals surface area contributed by atoms with E-state index in [-0.39, 0.29) is 17.0 Å². The topological polar surface area (TPSA) is 0 Å². The Bertz CT molecular complexity index is 309. The van der Waals surface area contributed by atoms with Crippen molar-refractivity contribution in [2.24, 2.45) is 47.3 Å². The molecular formula is C22H43BBr. The summed E-state index contributed by atoms with van der Waals surface area (Å²) in [5.41, 5.74) is 0. The lowest BCUT2D eigenvalue weighted by Crippen LogP contribution is -2.31. The van der Waals surface area contributed by atoms with Crippen molar-refractivity contribution in [3.8, 4) is 0 Å². The van der Waals surface area contributed by atoms with Crippen molar-refractivity contribution >= 4 is 24.3 Å². The number of halogens is 1. The van der Waals surface area contributed by atoms with E-state index in [9.17, 15) is 0 Å². The lowest BCUT2D eigenvalue weighted by molar-refractivity contribution is 0.152. The predicted octanol–water partition coefficient (Wildman–Crippen LogP) is 7.52. The summed E-state index contributed by atoms with van der Waals surface area (Å²) in [5, 5.41) is 0. The lowest BCUT2D eigenvalue weighted by Gasteiger charge is -2.39. The third-order valence-electron chi connectivity index (χ3n) is 7.26. The predicted molar refractivity (Wildman–Crippen MR) is 115 cm³/mol. The molecule has 0 N–H and O–H groups in total. The maximum absolute atomic E-state index is 2.72. The van der Waals surface area contributed by atoms with E-state index in [0.717, 1.165) is 47.3 Å². The van der Waals surface area contributed by atoms with Crippen molar-refractivity contribution in [3.05, 3.63) is 0 Å². The fraction of sp³-hybridized carbons (Fsp3) is 1.00. The van der Waals surface area contributed by atoms with Crippen LogP contribution in [0.4, 0.5) is 0 Å². The van der Waals surface area contributed by atoms with E-state index in [0.29, 0.717) is 0 Å². The summed E-state index contributed by atoms with van der Waals surface area (Å²) in [5.74, 6) is 7.57. The normalized spacial score (nSPS) is 37.3. The second-order valence-electron chi connectivity index (χ2n) is 9.93. The monoisotopic (exact) mass is 397 g/mol. The summed E-state index contributed by atoms with van der Waals surface area (Å²) in [4.78, 5) is 0. The molecule has 0 aromatic heterocycles. The van der Waals surface area contributed by atoms with Crippen LogP contribution in [0.1, 0.15) is 80.1 Å². The van der Waals surface area contributed by atoms with E-state index in [1.54, 1.807) is 0 Å². The minimum absolute atomic E-state index is 0. The fourth-order valence-corrected chi connectivity index (χ4v) is 5.87. The van der Waals surface area contributed by atoms with Gasteiger partial charge < -0.3 is 0 Å². The highest BCUT2D eigenvalue weighted by atomic mass is 79.9. The molecule has 0 aliphatic heterocycles. The number of rotatable bonds is 6. The van der Waals surface area contributed by atoms with Gasteiger partial charge in [0.25, 0.3) is 0 Å². The lowest BCUT2D eigenvalue weighted by atomic mass is 9.54. The summed E-state index contributed by atoms with van der Waals surface area (Å²) >= 11 is 0. The highest BCUT2D eigenvalue weighted by Crippen LogP contribution is 2.42. The first-order valence-electron chi connectivity index (χ1n) is 10.7. The molecule has 0 bridgehead atoms. The SMILES string of the molecule is Br.CC(C)[C@@H]1CC[C@@H](C)CC1C[B]CC1C[C@H](C)CC[C@H]1C(C)C. The molecule has 0 heterocycles. The summed E-state index contributed by atoms with van der Waals surface area (Å²) in [6.07, 6.45) is 11.6. The molecule has 2 fully saturated rings. The zero-order chi connectivity index (χ0) is 17.0. The molecule has 6 atom stereocenters. The summed E-state index contributed by atoms with van der Waals surface area (Å²) in [6.45, 7) is 14.7. The van der Waals surface area contributed by atoms with Gasteiger partial charge in [0.15, 0.2) is 0 Å². The van der Waals surface area contributed by atoms with E-state index in [1.165, 1.54) is 51.2 Å². The molecule has 2 aliphatic carbocycles. The van der Waals surface area contributed by atoms with Gasteiger partial charge in [-0.15, -0.1) is 17.0 Å². The molecule has 2 heteroatoms. The minimum atomic E-state index is 0. The molecule has 0 amide bonds. The Hall–Kier alpha value is 0.545. The van der Waals surface area contributed by atoms with E-state index in [1.807, 2.05) is 0 Å². The van der Waals surface area contributed by atoms with Crippen LogP contribution in [-0.4, -0.2) is 7.28 Å². The Morgan fingerprint density at radius 3 is 1.42 bits per heavy atom. The van der Waals surface area contributed by atoms with Crippen molar-refractivity contribution in [2.75, 3.05) is 0 Å². The summed E-state index contributed by atoms with van der Waals surface area (Å²) in [7, 11) is 2.72. The standard InChI is InChI=1S/C22H42B.BrH/c1-15(2)21-9-7-17(5)11-19(21)13-23-14-20-12-18(6)8-10-22(20)16(3)4;/h15-22H,7-14H2,1-6H3;1H/t17-,18-,19?,20?,21+,22+;/m1./s1. The van der Waals surface area contributed by atoms with Gasteiger partial charge >= 0.3 is 0 Å². The van der Waals surface area contributed by atoms with E-state index in [4.69, 9.17) is 0 Å². The fourth-order valence-electron chi connectivity index (χ4n) is 5.87. The van der Waals surface area contributed by atoms with Crippen molar-refractivity contribution in [3.63, 3.8) is 0 Å². The van der Waals surface area contributed by atoms with Crippen molar-refractivity contribution in [1.29, 1.82) is 0 Å². The third-order valence-corrected chi connectivity index (χ3v) is 7.26. The van der Waals surface area contributed by atoms with Gasteiger partial charge in [0, 0.05) is 0 Å². The van der Waals surface area contributed by atoms with Gasteiger partial charge in [-0.1, -0.05) is 67.0 Å². The van der Waals surface area contributed by atoms with Crippen LogP contribution in [0, 0.1) is 47.3 Å². The van der Waals surface area contributed by atoms with E-state index < -0.39 is 0 Å². The van der Waals surface area contributed by atoms with Crippen LogP contribution in [0.3, 0.4) is 0 Å². The van der Waals surface area contributed by atoms with Crippen LogP contribution in [0.5, 0.6) is 0 Å². The average Bonchev–Trinajstić information content (AvgIpc) is 2.46. The van der Waals surface area contributed by atoms with Gasteiger partial charge in [0.05, 0.1) is 0 Å². The van der Waals surface area contributed by atoms with Gasteiger partial charge in [0.2, 0.25) is 0 Å². The maximum atomic E-state index is 2.72. The van der Waals surface area contributed by atoms with Crippen LogP contribution in [0.2, 0.25) is 12.6 Å². The Kier molecular flexibility index (Phi) is 10.0. The molecule has 2 saturated carbocycles. The van der Waals surface area contributed by atoms with Crippen LogP contribution >= 0.6 is 17.0 Å². The van der Waals surface area contributed by atoms with Crippen LogP contribution in [0.15, 0.2) is 0 Å². The Labute approximate surface area is 164 Å². The maximum Gasteiger partial charge on any atom is 0.110 e. The Morgan fingerprint density at radius 2 is 1.08 bits per heavy atom. The molecule has 0 nitrogen and oxygen atoms in total. The van der Waals surface area contributed by atoms with Gasteiger partial charge in [-0.3, -0.25) is 0 Å². The van der Waals surface area contributed by atoms with E-state index in [2.05, 4.69) is 48.8 Å². The van der Waals surface area contributed by atoms with Gasteiger partial charge in [-0.05, 0) is 73.0 Å². The molecule has 0 aromatic rings. The largest absolute Gasteiger partial charge is 0.114 e. The third kappa shape index (κ3) is 6.37.